The van der Waals surface area contributed by atoms with E-state index in [2.05, 4.69) is 20.4 Å². The Bertz CT molecular complexity index is 566. The van der Waals surface area contributed by atoms with E-state index in [0.717, 1.165) is 11.8 Å². The van der Waals surface area contributed by atoms with E-state index in [1.807, 2.05) is 0 Å². The molecule has 4 rings (SSSR count). The first kappa shape index (κ1) is 16.7. The molecule has 0 amide bonds. The molecule has 4 saturated carbocycles. The molecule has 4 fully saturated rings. The molecule has 2 unspecified atom stereocenters. The summed E-state index contributed by atoms with van der Waals surface area (Å²) in [5.74, 6) is 2.26. The van der Waals surface area contributed by atoms with Gasteiger partial charge in [-0.2, -0.15) is 0 Å². The second-order valence-electron chi connectivity index (χ2n) is 10.1. The van der Waals surface area contributed by atoms with Gasteiger partial charge in [0, 0.05) is 12.3 Å². The van der Waals surface area contributed by atoms with Crippen LogP contribution in [-0.2, 0) is 9.53 Å². The molecule has 0 aliphatic heterocycles. The predicted octanol–water partition coefficient (Wildman–Crippen LogP) is 5.52. The fourth-order valence-electron chi connectivity index (χ4n) is 7.93. The van der Waals surface area contributed by atoms with Gasteiger partial charge >= 0.3 is 5.97 Å². The van der Waals surface area contributed by atoms with Crippen LogP contribution in [-0.4, -0.2) is 12.6 Å². The average molecular weight is 331 g/mol. The molecule has 0 aromatic carbocycles. The smallest absolute Gasteiger partial charge is 0.302 e. The van der Waals surface area contributed by atoms with Gasteiger partial charge in [-0.05, 0) is 80.0 Å². The molecular weight excluding hydrogens is 296 g/mol. The highest BCUT2D eigenvalue weighted by Crippen LogP contribution is 2.72. The number of hydrogen-bond donors (Lipinski definition) is 0. The normalized spacial score (nSPS) is 50.1. The average Bonchev–Trinajstić information content (AvgIpc) is 2.74. The Labute approximate surface area is 147 Å². The maximum atomic E-state index is 11.4. The first-order chi connectivity index (χ1) is 11.3. The molecule has 24 heavy (non-hydrogen) atoms. The molecule has 4 aliphatic carbocycles. The van der Waals surface area contributed by atoms with E-state index < -0.39 is 0 Å². The molecule has 134 valence electrons. The Kier molecular flexibility index (Phi) is 3.72. The van der Waals surface area contributed by atoms with Crippen LogP contribution in [0.15, 0.2) is 12.2 Å². The zero-order valence-corrected chi connectivity index (χ0v) is 15.8. The summed E-state index contributed by atoms with van der Waals surface area (Å²) in [6, 6.07) is 0. The largest absolute Gasteiger partial charge is 0.465 e. The first-order valence-electron chi connectivity index (χ1n) is 10.1. The van der Waals surface area contributed by atoms with Crippen molar-refractivity contribution in [3.8, 4) is 0 Å². The van der Waals surface area contributed by atoms with Crippen molar-refractivity contribution in [2.24, 2.45) is 34.0 Å². The minimum absolute atomic E-state index is 0.122. The maximum absolute atomic E-state index is 11.4. The Balaban J connectivity index is 1.64. The van der Waals surface area contributed by atoms with E-state index >= 15 is 0 Å². The van der Waals surface area contributed by atoms with Gasteiger partial charge in [-0.15, -0.1) is 0 Å². The molecule has 1 spiro atoms. The maximum Gasteiger partial charge on any atom is 0.302 e. The van der Waals surface area contributed by atoms with Crippen LogP contribution >= 0.6 is 0 Å². The van der Waals surface area contributed by atoms with Crippen LogP contribution in [0.4, 0.5) is 0 Å². The predicted molar refractivity (Wildman–Crippen MR) is 96.4 cm³/mol. The number of fused-ring (bicyclic) bond motifs is 3. The van der Waals surface area contributed by atoms with E-state index in [-0.39, 0.29) is 11.4 Å². The lowest BCUT2D eigenvalue weighted by Crippen LogP contribution is -2.57. The monoisotopic (exact) mass is 330 g/mol. The summed E-state index contributed by atoms with van der Waals surface area (Å²) in [5.41, 5.74) is 2.72. The Morgan fingerprint density at radius 3 is 2.71 bits per heavy atom. The number of carbonyl (C=O) groups is 1. The summed E-state index contributed by atoms with van der Waals surface area (Å²) in [5, 5.41) is 0. The van der Waals surface area contributed by atoms with Gasteiger partial charge in [0.1, 0.15) is 0 Å². The highest BCUT2D eigenvalue weighted by molar-refractivity contribution is 5.65. The van der Waals surface area contributed by atoms with Gasteiger partial charge < -0.3 is 4.74 Å². The van der Waals surface area contributed by atoms with Crippen LogP contribution in [0.3, 0.4) is 0 Å². The van der Waals surface area contributed by atoms with Crippen LogP contribution in [0, 0.1) is 34.0 Å². The zero-order chi connectivity index (χ0) is 17.2. The Morgan fingerprint density at radius 2 is 1.96 bits per heavy atom. The summed E-state index contributed by atoms with van der Waals surface area (Å²) in [6.07, 6.45) is 12.1. The minimum atomic E-state index is -0.122. The molecule has 0 heterocycles. The number of hydrogen-bond acceptors (Lipinski definition) is 2. The van der Waals surface area contributed by atoms with Crippen molar-refractivity contribution in [1.82, 2.24) is 0 Å². The summed E-state index contributed by atoms with van der Waals surface area (Å²) in [6.45, 7) is 11.6. The van der Waals surface area contributed by atoms with Gasteiger partial charge in [0.05, 0.1) is 6.61 Å². The van der Waals surface area contributed by atoms with E-state index in [0.29, 0.717) is 23.4 Å². The molecule has 2 heteroatoms. The number of allylic oxidation sites excluding steroid dienone is 1. The van der Waals surface area contributed by atoms with Crippen molar-refractivity contribution in [1.29, 1.82) is 0 Å². The van der Waals surface area contributed by atoms with Crippen molar-refractivity contribution in [3.05, 3.63) is 12.2 Å². The van der Waals surface area contributed by atoms with Crippen LogP contribution in [0.25, 0.3) is 0 Å². The number of ether oxygens (including phenoxy) is 1. The van der Waals surface area contributed by atoms with E-state index in [1.54, 1.807) is 12.5 Å². The molecule has 0 saturated heterocycles. The number of carbonyl (C=O) groups excluding carboxylic acids is 1. The first-order valence-corrected chi connectivity index (χ1v) is 10.1. The van der Waals surface area contributed by atoms with Gasteiger partial charge in [0.15, 0.2) is 0 Å². The molecule has 6 atom stereocenters. The van der Waals surface area contributed by atoms with Crippen molar-refractivity contribution in [3.63, 3.8) is 0 Å². The van der Waals surface area contributed by atoms with Gasteiger partial charge in [0.2, 0.25) is 0 Å². The standard InChI is InChI=1S/C22H34O2/c1-15-12-22-11-8-18-20(3,14-24-16(2)23)9-5-10-21(18,4)19(22)7-6-17(15)13-22/h17-19H,1,5-14H2,2-4H3/t17-,18?,19?,20+,21-,22-/m1/s1. The van der Waals surface area contributed by atoms with E-state index in [4.69, 9.17) is 4.74 Å². The third-order valence-electron chi connectivity index (χ3n) is 8.79. The van der Waals surface area contributed by atoms with Gasteiger partial charge in [0.25, 0.3) is 0 Å². The van der Waals surface area contributed by atoms with Gasteiger partial charge in [-0.3, -0.25) is 4.79 Å². The van der Waals surface area contributed by atoms with Crippen molar-refractivity contribution in [2.45, 2.75) is 78.6 Å². The Hall–Kier alpha value is -0.790. The lowest BCUT2D eigenvalue weighted by Gasteiger charge is -2.64. The fraction of sp³-hybridized carbons (Fsp3) is 0.864. The van der Waals surface area contributed by atoms with Crippen LogP contribution < -0.4 is 0 Å². The quantitative estimate of drug-likeness (QED) is 0.492. The van der Waals surface area contributed by atoms with Crippen LogP contribution in [0.1, 0.15) is 78.6 Å². The van der Waals surface area contributed by atoms with E-state index in [1.165, 1.54) is 57.8 Å². The molecule has 0 N–H and O–H groups in total. The highest BCUT2D eigenvalue weighted by Gasteiger charge is 2.63. The molecule has 0 radical (unpaired) electrons. The number of esters is 1. The molecule has 2 nitrogen and oxygen atoms in total. The topological polar surface area (TPSA) is 26.3 Å². The molecule has 0 aromatic heterocycles. The highest BCUT2D eigenvalue weighted by atomic mass is 16.5. The summed E-state index contributed by atoms with van der Waals surface area (Å²) in [7, 11) is 0. The lowest BCUT2D eigenvalue weighted by molar-refractivity contribution is -0.172. The molecule has 0 aromatic rings. The summed E-state index contributed by atoms with van der Waals surface area (Å²) < 4.78 is 5.54. The second-order valence-corrected chi connectivity index (χ2v) is 10.1. The number of rotatable bonds is 2. The van der Waals surface area contributed by atoms with E-state index in [9.17, 15) is 4.79 Å². The zero-order valence-electron chi connectivity index (χ0n) is 15.8. The third kappa shape index (κ3) is 2.24. The van der Waals surface area contributed by atoms with Crippen molar-refractivity contribution in [2.75, 3.05) is 6.61 Å². The van der Waals surface area contributed by atoms with Crippen molar-refractivity contribution >= 4 is 5.97 Å². The SMILES string of the molecule is C=C1C[C@@]23CCC4[C@](C)(COC(C)=O)CCC[C@@]4(C)C2CC[C@@H]1C3. The molecule has 4 aliphatic rings. The van der Waals surface area contributed by atoms with Gasteiger partial charge in [-0.25, -0.2) is 0 Å². The molecule has 2 bridgehead atoms. The third-order valence-corrected chi connectivity index (χ3v) is 8.79. The van der Waals surface area contributed by atoms with Crippen LogP contribution in [0.2, 0.25) is 0 Å². The Morgan fingerprint density at radius 1 is 1.17 bits per heavy atom. The summed E-state index contributed by atoms with van der Waals surface area (Å²) >= 11 is 0. The summed E-state index contributed by atoms with van der Waals surface area (Å²) in [4.78, 5) is 11.4. The second kappa shape index (κ2) is 5.35. The fourth-order valence-corrected chi connectivity index (χ4v) is 7.93. The van der Waals surface area contributed by atoms with Gasteiger partial charge in [-0.1, -0.05) is 32.4 Å². The lowest BCUT2D eigenvalue weighted by atomic mass is 9.41. The minimum Gasteiger partial charge on any atom is -0.465 e. The molecular formula is C22H34O2. The van der Waals surface area contributed by atoms with Crippen LogP contribution in [0.5, 0.6) is 0 Å². The van der Waals surface area contributed by atoms with Crippen molar-refractivity contribution < 1.29 is 9.53 Å².